The van der Waals surface area contributed by atoms with Crippen molar-refractivity contribution in [2.45, 2.75) is 108 Å². The highest BCUT2D eigenvalue weighted by Gasteiger charge is 2.51. The molecule has 6 aliphatic rings. The van der Waals surface area contributed by atoms with E-state index in [1.807, 2.05) is 49.9 Å². The number of hydrogen-bond donors (Lipinski definition) is 2. The molecule has 420 valence electrons. The van der Waals surface area contributed by atoms with E-state index in [0.717, 1.165) is 82.6 Å². The van der Waals surface area contributed by atoms with E-state index in [-0.39, 0.29) is 78.3 Å². The molecule has 2 N–H and O–H groups in total. The van der Waals surface area contributed by atoms with Crippen LogP contribution in [0.15, 0.2) is 60.8 Å². The number of halogens is 2. The number of nitrogens with one attached hydrogen (secondary N) is 2. The summed E-state index contributed by atoms with van der Waals surface area (Å²) in [5, 5.41) is 6.52. The lowest BCUT2D eigenvalue weighted by molar-refractivity contribution is -0.121. The van der Waals surface area contributed by atoms with Gasteiger partial charge in [-0.1, -0.05) is 30.2 Å². The molecule has 2 bridgehead atoms. The first-order valence-corrected chi connectivity index (χ1v) is 27.9. The number of alkyl carbamates (subject to hydrolysis) is 1. The number of fused-ring (bicyclic) bond motifs is 5. The highest BCUT2D eigenvalue weighted by Crippen LogP contribution is 2.44. The van der Waals surface area contributed by atoms with Gasteiger partial charge in [-0.15, -0.1) is 6.42 Å². The molecule has 0 aliphatic carbocycles. The summed E-state index contributed by atoms with van der Waals surface area (Å²) < 4.78 is 50.7. The van der Waals surface area contributed by atoms with Crippen LogP contribution >= 0.6 is 0 Å². The van der Waals surface area contributed by atoms with Crippen LogP contribution in [0.3, 0.4) is 0 Å². The maximum atomic E-state index is 17.4. The Morgan fingerprint density at radius 3 is 2.40 bits per heavy atom. The first-order valence-electron chi connectivity index (χ1n) is 27.9. The molecule has 11 rings (SSSR count). The van der Waals surface area contributed by atoms with Crippen molar-refractivity contribution in [2.75, 3.05) is 93.4 Å². The normalized spacial score (nSPS) is 22.4. The van der Waals surface area contributed by atoms with Crippen molar-refractivity contribution in [3.05, 3.63) is 78.0 Å². The summed E-state index contributed by atoms with van der Waals surface area (Å²) in [6, 6.07) is 15.0. The largest absolute Gasteiger partial charge is 0.461 e. The third-order valence-electron chi connectivity index (χ3n) is 16.6. The van der Waals surface area contributed by atoms with E-state index in [4.69, 9.17) is 30.6 Å². The second kappa shape index (κ2) is 22.4. The molecule has 19 nitrogen and oxygen atoms in total. The van der Waals surface area contributed by atoms with E-state index in [0.29, 0.717) is 73.1 Å². The number of anilines is 3. The number of nitrogens with zero attached hydrogens (tertiary/aromatic N) is 9. The summed E-state index contributed by atoms with van der Waals surface area (Å²) in [6.07, 6.45) is 12.3. The fourth-order valence-electron chi connectivity index (χ4n) is 12.7. The van der Waals surface area contributed by atoms with Gasteiger partial charge in [0.25, 0.3) is 0 Å². The molecule has 4 atom stereocenters. The zero-order valence-corrected chi connectivity index (χ0v) is 45.5. The first-order chi connectivity index (χ1) is 38.5. The van der Waals surface area contributed by atoms with Gasteiger partial charge in [0.1, 0.15) is 47.4 Å². The van der Waals surface area contributed by atoms with Crippen LogP contribution in [-0.4, -0.2) is 167 Å². The number of urea groups is 1. The van der Waals surface area contributed by atoms with Gasteiger partial charge in [0.15, 0.2) is 5.82 Å². The van der Waals surface area contributed by atoms with Gasteiger partial charge in [0.05, 0.1) is 35.1 Å². The van der Waals surface area contributed by atoms with Crippen LogP contribution in [0.25, 0.3) is 32.9 Å². The topological polar surface area (TPSA) is 195 Å². The summed E-state index contributed by atoms with van der Waals surface area (Å²) in [5.41, 5.74) is 0.936. The molecular formula is C59H67F2N11O8. The van der Waals surface area contributed by atoms with E-state index >= 15 is 8.78 Å². The van der Waals surface area contributed by atoms with Gasteiger partial charge >= 0.3 is 24.2 Å². The number of amides is 5. The van der Waals surface area contributed by atoms with Crippen LogP contribution in [-0.2, 0) is 19.1 Å². The number of ketones is 1. The Balaban J connectivity index is 0.700. The number of rotatable bonds is 15. The number of hydrogen-bond acceptors (Lipinski definition) is 15. The van der Waals surface area contributed by atoms with Gasteiger partial charge in [-0.2, -0.15) is 9.97 Å². The van der Waals surface area contributed by atoms with Gasteiger partial charge in [-0.25, -0.2) is 23.2 Å². The monoisotopic (exact) mass is 1100 g/mol. The van der Waals surface area contributed by atoms with Crippen LogP contribution in [0.1, 0.15) is 84.1 Å². The number of benzene rings is 3. The molecule has 8 heterocycles. The third-order valence-corrected chi connectivity index (χ3v) is 16.6. The number of carbonyl (C=O) groups excluding carboxylic acids is 5. The minimum absolute atomic E-state index is 0.00421. The molecule has 2 aromatic heterocycles. The Hall–Kier alpha value is -7.70. The molecule has 5 aromatic rings. The smallest absolute Gasteiger partial charge is 0.410 e. The highest BCUT2D eigenvalue weighted by atomic mass is 19.1. The van der Waals surface area contributed by atoms with E-state index < -0.39 is 34.9 Å². The average molecular weight is 1100 g/mol. The zero-order valence-electron chi connectivity index (χ0n) is 45.5. The molecule has 2 unspecified atom stereocenters. The lowest BCUT2D eigenvalue weighted by Gasteiger charge is -2.42. The number of piperazine rings is 2. The minimum atomic E-state index is -0.741. The fourth-order valence-corrected chi connectivity index (χ4v) is 12.7. The molecule has 6 fully saturated rings. The zero-order chi connectivity index (χ0) is 55.9. The number of Topliss-reactive ketones (excluding diaryl/α,β-unsaturated/α-hetero) is 1. The number of carbonyl (C=O) groups is 5. The van der Waals surface area contributed by atoms with Crippen molar-refractivity contribution < 1.29 is 47.0 Å². The molecule has 0 radical (unpaired) electrons. The number of imide groups is 1. The Kier molecular flexibility index (Phi) is 15.2. The summed E-state index contributed by atoms with van der Waals surface area (Å²) in [7, 11) is 0. The standard InChI is InChI=1S/C59H67F2N11O8/c1-5-44-47(60)19-12-37-9-6-11-45(49(37)44)51-50(61)52-46(31-63-51)53(69-32-40-17-18-41(33-69)72(40)57(77)80-58(2,3)4)66-54(65-52)79-36-59-22-8-25-71(59)42(20-23-59)35-78-56(76)62-24-7-10-43(73)34-67-27-29-68(30-28-67)38-13-15-39(16-14-38)70-26-21-48(74)64-55(70)75/h1,6,9,11-16,19,31,40-42H,7-8,10,17-18,20-30,32-36H2,2-4H3,(H,62,76)(H,64,74,75)/t40?,41?,42-,59-/m0/s1. The van der Waals surface area contributed by atoms with Gasteiger partial charge < -0.3 is 29.3 Å². The van der Waals surface area contributed by atoms with Gasteiger partial charge in [0.2, 0.25) is 5.91 Å². The lowest BCUT2D eigenvalue weighted by atomic mass is 9.95. The van der Waals surface area contributed by atoms with Crippen molar-refractivity contribution in [3.63, 3.8) is 0 Å². The number of ether oxygens (including phenoxy) is 3. The van der Waals surface area contributed by atoms with Gasteiger partial charge in [-0.3, -0.25) is 39.5 Å². The lowest BCUT2D eigenvalue weighted by Crippen LogP contribution is -2.57. The maximum absolute atomic E-state index is 17.4. The quantitative estimate of drug-likeness (QED) is 0.0777. The molecule has 6 saturated heterocycles. The second-order valence-corrected chi connectivity index (χ2v) is 22.9. The van der Waals surface area contributed by atoms with Gasteiger partial charge in [0, 0.05) is 99.8 Å². The summed E-state index contributed by atoms with van der Waals surface area (Å²) in [6.45, 7) is 11.5. The van der Waals surface area contributed by atoms with Crippen molar-refractivity contribution >= 4 is 68.8 Å². The first kappa shape index (κ1) is 54.3. The molecule has 80 heavy (non-hydrogen) atoms. The number of aromatic nitrogens is 3. The van der Waals surface area contributed by atoms with E-state index in [2.05, 4.69) is 41.1 Å². The Morgan fingerprint density at radius 1 is 0.900 bits per heavy atom. The average Bonchev–Trinajstić information content (AvgIpc) is 3.93. The van der Waals surface area contributed by atoms with Crippen LogP contribution in [0, 0.1) is 24.0 Å². The van der Waals surface area contributed by atoms with E-state index in [9.17, 15) is 24.0 Å². The highest BCUT2D eigenvalue weighted by molar-refractivity contribution is 6.06. The predicted molar refractivity (Wildman–Crippen MR) is 297 cm³/mol. The third kappa shape index (κ3) is 11.1. The summed E-state index contributed by atoms with van der Waals surface area (Å²) in [5.74, 6) is 1.37. The summed E-state index contributed by atoms with van der Waals surface area (Å²) in [4.78, 5) is 89.7. The van der Waals surface area contributed by atoms with E-state index in [1.165, 1.54) is 6.07 Å². The van der Waals surface area contributed by atoms with Crippen LogP contribution in [0.2, 0.25) is 0 Å². The van der Waals surface area contributed by atoms with Crippen molar-refractivity contribution in [1.82, 2.24) is 40.3 Å². The van der Waals surface area contributed by atoms with Crippen molar-refractivity contribution in [1.29, 1.82) is 0 Å². The fraction of sp³-hybridized carbons (Fsp3) is 0.492. The SMILES string of the molecule is C#Cc1c(F)ccc2cccc(-c3ncc4c(N5CC6CCC(C5)N6C(=O)OC(C)(C)C)nc(OC[C@@]56CCCN5[C@H](COC(=O)NCCCC(=O)CN5CCN(c7ccc(N8CCC(=O)NC8=O)cc7)CC5)CC6)nc4c3F)c12. The summed E-state index contributed by atoms with van der Waals surface area (Å²) >= 11 is 0. The predicted octanol–water partition coefficient (Wildman–Crippen LogP) is 7.41. The maximum Gasteiger partial charge on any atom is 0.410 e. The van der Waals surface area contributed by atoms with Crippen molar-refractivity contribution in [2.24, 2.45) is 0 Å². The number of pyridine rings is 1. The van der Waals surface area contributed by atoms with Crippen LogP contribution in [0.5, 0.6) is 6.01 Å². The molecule has 21 heteroatoms. The molecule has 3 aromatic carbocycles. The second-order valence-electron chi connectivity index (χ2n) is 22.9. The van der Waals surface area contributed by atoms with Crippen LogP contribution in [0.4, 0.5) is 40.4 Å². The Bertz CT molecular complexity index is 3260. The molecular weight excluding hydrogens is 1030 g/mol. The van der Waals surface area contributed by atoms with Gasteiger partial charge in [-0.05, 0) is 108 Å². The van der Waals surface area contributed by atoms with Crippen molar-refractivity contribution in [3.8, 4) is 29.6 Å². The molecule has 0 spiro atoms. The Labute approximate surface area is 463 Å². The minimum Gasteiger partial charge on any atom is -0.461 e. The Morgan fingerprint density at radius 2 is 1.66 bits per heavy atom. The molecule has 0 saturated carbocycles. The van der Waals surface area contributed by atoms with Crippen LogP contribution < -0.4 is 30.1 Å². The van der Waals surface area contributed by atoms with E-state index in [1.54, 1.807) is 35.4 Å². The molecule has 5 amide bonds. The molecule has 6 aliphatic heterocycles. The number of terminal acetylenes is 1.